The van der Waals surface area contributed by atoms with Gasteiger partial charge in [-0.05, 0) is 18.8 Å². The van der Waals surface area contributed by atoms with Crippen LogP contribution in [0.4, 0.5) is 5.69 Å². The summed E-state index contributed by atoms with van der Waals surface area (Å²) in [4.78, 5) is 10.0. The normalized spacial score (nSPS) is 20.8. The van der Waals surface area contributed by atoms with Crippen LogP contribution in [0.15, 0.2) is 12.4 Å². The maximum Gasteiger partial charge on any atom is 0.306 e. The molecule has 2 unspecified atom stereocenters. The predicted molar refractivity (Wildman–Crippen MR) is 71.3 cm³/mol. The Labute approximate surface area is 116 Å². The maximum absolute atomic E-state index is 10.5. The van der Waals surface area contributed by atoms with Gasteiger partial charge in [0, 0.05) is 19.7 Å². The number of nitrogens with one attached hydrogen (secondary N) is 1. The Morgan fingerprint density at radius 3 is 3.20 bits per heavy atom. The molecule has 2 atom stereocenters. The molecule has 1 fully saturated rings. The molecule has 1 aliphatic rings. The molecule has 20 heavy (non-hydrogen) atoms. The highest BCUT2D eigenvalue weighted by Crippen LogP contribution is 2.12. The molecule has 0 saturated carbocycles. The highest BCUT2D eigenvalue weighted by Gasteiger charge is 2.15. The van der Waals surface area contributed by atoms with Crippen molar-refractivity contribution in [1.29, 1.82) is 0 Å². The largest absolute Gasteiger partial charge is 0.390 e. The van der Waals surface area contributed by atoms with E-state index in [2.05, 4.69) is 10.4 Å². The quantitative estimate of drug-likeness (QED) is 0.546. The summed E-state index contributed by atoms with van der Waals surface area (Å²) < 4.78 is 6.76. The zero-order chi connectivity index (χ0) is 14.4. The number of nitrogens with zero attached hydrogens (tertiary/aromatic N) is 3. The first-order chi connectivity index (χ1) is 9.65. The van der Waals surface area contributed by atoms with Crippen molar-refractivity contribution >= 4 is 5.69 Å². The third kappa shape index (κ3) is 4.55. The maximum atomic E-state index is 10.5. The Kier molecular flexibility index (Phi) is 5.45. The van der Waals surface area contributed by atoms with Crippen molar-refractivity contribution in [2.24, 2.45) is 5.92 Å². The summed E-state index contributed by atoms with van der Waals surface area (Å²) in [5.74, 6) is 0.502. The van der Waals surface area contributed by atoms with Crippen LogP contribution in [0.3, 0.4) is 0 Å². The predicted octanol–water partition coefficient (Wildman–Crippen LogP) is 0.168. The van der Waals surface area contributed by atoms with Crippen molar-refractivity contribution in [3.63, 3.8) is 0 Å². The average Bonchev–Trinajstić information content (AvgIpc) is 2.88. The highest BCUT2D eigenvalue weighted by molar-refractivity contribution is 5.20. The van der Waals surface area contributed by atoms with E-state index in [0.29, 0.717) is 12.5 Å². The Morgan fingerprint density at radius 1 is 1.70 bits per heavy atom. The minimum absolute atomic E-state index is 0.0653. The van der Waals surface area contributed by atoms with Crippen molar-refractivity contribution in [2.45, 2.75) is 25.5 Å². The third-order valence-corrected chi connectivity index (χ3v) is 3.30. The lowest BCUT2D eigenvalue weighted by molar-refractivity contribution is -0.385. The third-order valence-electron chi connectivity index (χ3n) is 3.30. The first kappa shape index (κ1) is 14.9. The van der Waals surface area contributed by atoms with Crippen LogP contribution in [0.5, 0.6) is 0 Å². The summed E-state index contributed by atoms with van der Waals surface area (Å²) >= 11 is 0. The van der Waals surface area contributed by atoms with Crippen LogP contribution >= 0.6 is 0 Å². The molecule has 8 nitrogen and oxygen atoms in total. The molecular weight excluding hydrogens is 264 g/mol. The van der Waals surface area contributed by atoms with Crippen molar-refractivity contribution in [1.82, 2.24) is 15.1 Å². The second-order valence-corrected chi connectivity index (χ2v) is 5.07. The Balaban J connectivity index is 1.66. The number of rotatable bonds is 7. The number of nitro groups is 1. The van der Waals surface area contributed by atoms with Crippen molar-refractivity contribution in [2.75, 3.05) is 26.3 Å². The molecule has 1 aromatic heterocycles. The van der Waals surface area contributed by atoms with Crippen LogP contribution in [-0.2, 0) is 11.3 Å². The molecule has 1 aromatic rings. The van der Waals surface area contributed by atoms with Gasteiger partial charge in [-0.1, -0.05) is 0 Å². The molecule has 112 valence electrons. The molecule has 1 aliphatic heterocycles. The lowest BCUT2D eigenvalue weighted by Gasteiger charge is -2.23. The van der Waals surface area contributed by atoms with E-state index >= 15 is 0 Å². The van der Waals surface area contributed by atoms with E-state index in [1.54, 1.807) is 0 Å². The zero-order valence-electron chi connectivity index (χ0n) is 11.3. The molecule has 8 heteroatoms. The lowest BCUT2D eigenvalue weighted by atomic mass is 10.0. The van der Waals surface area contributed by atoms with Crippen LogP contribution in [0, 0.1) is 16.0 Å². The van der Waals surface area contributed by atoms with Gasteiger partial charge in [0.05, 0.1) is 24.2 Å². The van der Waals surface area contributed by atoms with Gasteiger partial charge in [-0.3, -0.25) is 14.8 Å². The highest BCUT2D eigenvalue weighted by atomic mass is 16.6. The van der Waals surface area contributed by atoms with E-state index < -0.39 is 11.0 Å². The van der Waals surface area contributed by atoms with Gasteiger partial charge in [0.1, 0.15) is 12.4 Å². The smallest absolute Gasteiger partial charge is 0.306 e. The van der Waals surface area contributed by atoms with Crippen molar-refractivity contribution in [3.05, 3.63) is 22.5 Å². The van der Waals surface area contributed by atoms with E-state index in [9.17, 15) is 15.2 Å². The number of aliphatic hydroxyl groups is 1. The van der Waals surface area contributed by atoms with E-state index in [0.717, 1.165) is 32.6 Å². The van der Waals surface area contributed by atoms with Gasteiger partial charge in [-0.15, -0.1) is 0 Å². The molecule has 2 N–H and O–H groups in total. The molecule has 0 aromatic carbocycles. The Bertz CT molecular complexity index is 431. The van der Waals surface area contributed by atoms with E-state index in [4.69, 9.17) is 4.74 Å². The molecule has 0 amide bonds. The minimum atomic E-state index is -0.626. The fourth-order valence-corrected chi connectivity index (χ4v) is 2.25. The second-order valence-electron chi connectivity index (χ2n) is 5.07. The van der Waals surface area contributed by atoms with Gasteiger partial charge >= 0.3 is 5.69 Å². The van der Waals surface area contributed by atoms with Gasteiger partial charge in [-0.2, -0.15) is 5.10 Å². The average molecular weight is 284 g/mol. The molecule has 0 bridgehead atoms. The topological polar surface area (TPSA) is 102 Å². The summed E-state index contributed by atoms with van der Waals surface area (Å²) in [5.41, 5.74) is -0.0653. The summed E-state index contributed by atoms with van der Waals surface area (Å²) in [7, 11) is 0. The van der Waals surface area contributed by atoms with Gasteiger partial charge in [-0.25, -0.2) is 0 Å². The second kappa shape index (κ2) is 7.32. The van der Waals surface area contributed by atoms with Crippen molar-refractivity contribution in [3.8, 4) is 0 Å². The van der Waals surface area contributed by atoms with Gasteiger partial charge in [0.2, 0.25) is 0 Å². The molecule has 1 saturated heterocycles. The Hall–Kier alpha value is -1.51. The number of ether oxygens (including phenoxy) is 1. The Morgan fingerprint density at radius 2 is 2.55 bits per heavy atom. The molecule has 0 radical (unpaired) electrons. The number of aromatic nitrogens is 2. The van der Waals surface area contributed by atoms with E-state index in [1.165, 1.54) is 17.1 Å². The lowest BCUT2D eigenvalue weighted by Crippen LogP contribution is -2.35. The molecule has 0 aliphatic carbocycles. The fourth-order valence-electron chi connectivity index (χ4n) is 2.25. The van der Waals surface area contributed by atoms with Crippen LogP contribution in [0.25, 0.3) is 0 Å². The standard InChI is InChI=1S/C12H20N4O4/c17-12(6-13-4-10-2-1-3-20-9-10)8-15-7-11(5-14-15)16(18)19/h5,7,10,12-13,17H,1-4,6,8-9H2. The summed E-state index contributed by atoms with van der Waals surface area (Å²) in [5, 5.41) is 27.4. The number of aliphatic hydroxyl groups excluding tert-OH is 1. The van der Waals surface area contributed by atoms with Crippen LogP contribution in [0.1, 0.15) is 12.8 Å². The van der Waals surface area contributed by atoms with Crippen LogP contribution in [0.2, 0.25) is 0 Å². The molecule has 0 spiro atoms. The molecular formula is C12H20N4O4. The summed E-state index contributed by atoms with van der Waals surface area (Å²) in [6.07, 6.45) is 4.11. The van der Waals surface area contributed by atoms with Gasteiger partial charge < -0.3 is 15.2 Å². The number of hydrogen-bond donors (Lipinski definition) is 2. The summed E-state index contributed by atoms with van der Waals surface area (Å²) in [6.45, 7) is 3.11. The zero-order valence-corrected chi connectivity index (χ0v) is 11.3. The van der Waals surface area contributed by atoms with E-state index in [-0.39, 0.29) is 12.2 Å². The first-order valence-electron chi connectivity index (χ1n) is 6.78. The monoisotopic (exact) mass is 284 g/mol. The number of hydrogen-bond acceptors (Lipinski definition) is 6. The van der Waals surface area contributed by atoms with E-state index in [1.807, 2.05) is 0 Å². The first-order valence-corrected chi connectivity index (χ1v) is 6.78. The van der Waals surface area contributed by atoms with Crippen LogP contribution in [-0.4, -0.2) is 52.2 Å². The van der Waals surface area contributed by atoms with Gasteiger partial charge in [0.15, 0.2) is 0 Å². The minimum Gasteiger partial charge on any atom is -0.390 e. The van der Waals surface area contributed by atoms with Crippen molar-refractivity contribution < 1.29 is 14.8 Å². The van der Waals surface area contributed by atoms with Crippen LogP contribution < -0.4 is 5.32 Å². The van der Waals surface area contributed by atoms with Gasteiger partial charge in [0.25, 0.3) is 0 Å². The fraction of sp³-hybridized carbons (Fsp3) is 0.750. The molecule has 2 heterocycles. The summed E-state index contributed by atoms with van der Waals surface area (Å²) in [6, 6.07) is 0. The molecule has 2 rings (SSSR count). The SMILES string of the molecule is O=[N+]([O-])c1cnn(CC(O)CNCC2CCCOC2)c1.